The van der Waals surface area contributed by atoms with Gasteiger partial charge in [-0.3, -0.25) is 4.68 Å². The van der Waals surface area contributed by atoms with Crippen LogP contribution in [0.25, 0.3) is 0 Å². The highest BCUT2D eigenvalue weighted by atomic mass is 16.5. The monoisotopic (exact) mass is 274 g/mol. The minimum absolute atomic E-state index is 0.251. The van der Waals surface area contributed by atoms with Gasteiger partial charge in [0.25, 0.3) is 0 Å². The zero-order valence-corrected chi connectivity index (χ0v) is 11.6. The number of hydrogen-bond acceptors (Lipinski definition) is 3. The van der Waals surface area contributed by atoms with Crippen LogP contribution in [0.15, 0.2) is 36.5 Å². The highest BCUT2D eigenvalue weighted by Crippen LogP contribution is 2.14. The number of nitrogens with one attached hydrogen (secondary N) is 2. The fourth-order valence-corrected chi connectivity index (χ4v) is 1.82. The van der Waals surface area contributed by atoms with Gasteiger partial charge >= 0.3 is 6.03 Å². The predicted molar refractivity (Wildman–Crippen MR) is 76.8 cm³/mol. The fraction of sp³-hybridized carbons (Fsp3) is 0.286. The lowest BCUT2D eigenvalue weighted by molar-refractivity contribution is 0.251. The molecule has 0 aliphatic heterocycles. The number of anilines is 1. The molecule has 0 atom stereocenters. The second kappa shape index (κ2) is 6.60. The topological polar surface area (TPSA) is 68.2 Å². The number of carbonyl (C=O) groups excluding carboxylic acids is 1. The Kier molecular flexibility index (Phi) is 4.60. The van der Waals surface area contributed by atoms with Crippen molar-refractivity contribution in [3.05, 3.63) is 42.2 Å². The van der Waals surface area contributed by atoms with Gasteiger partial charge < -0.3 is 15.4 Å². The van der Waals surface area contributed by atoms with E-state index in [1.807, 2.05) is 17.7 Å². The number of aryl methyl sites for hydroxylation is 1. The first-order chi connectivity index (χ1) is 9.72. The van der Waals surface area contributed by atoms with Crippen molar-refractivity contribution >= 4 is 11.7 Å². The smallest absolute Gasteiger partial charge is 0.319 e. The molecule has 1 heterocycles. The number of aromatic nitrogens is 2. The lowest BCUT2D eigenvalue weighted by Crippen LogP contribution is -2.29. The molecule has 0 radical (unpaired) electrons. The quantitative estimate of drug-likeness (QED) is 0.878. The number of hydrogen-bond donors (Lipinski definition) is 2. The van der Waals surface area contributed by atoms with Crippen LogP contribution < -0.4 is 15.4 Å². The highest BCUT2D eigenvalue weighted by molar-refractivity contribution is 5.89. The molecule has 0 aliphatic carbocycles. The Morgan fingerprint density at radius 2 is 2.05 bits per heavy atom. The van der Waals surface area contributed by atoms with Crippen molar-refractivity contribution in [3.63, 3.8) is 0 Å². The summed E-state index contributed by atoms with van der Waals surface area (Å²) in [5, 5.41) is 9.70. The number of amides is 2. The first kappa shape index (κ1) is 13.9. The van der Waals surface area contributed by atoms with Crippen LogP contribution in [0, 0.1) is 0 Å². The summed E-state index contributed by atoms with van der Waals surface area (Å²) in [6, 6.07) is 8.79. The molecule has 0 saturated heterocycles. The number of nitrogens with zero attached hydrogens (tertiary/aromatic N) is 2. The van der Waals surface area contributed by atoms with E-state index in [0.29, 0.717) is 12.2 Å². The summed E-state index contributed by atoms with van der Waals surface area (Å²) in [7, 11) is 1.60. The first-order valence-electron chi connectivity index (χ1n) is 6.42. The van der Waals surface area contributed by atoms with Crippen molar-refractivity contribution in [2.24, 2.45) is 0 Å². The van der Waals surface area contributed by atoms with Gasteiger partial charge in [0.15, 0.2) is 0 Å². The zero-order valence-electron chi connectivity index (χ0n) is 11.6. The maximum atomic E-state index is 11.8. The number of carbonyl (C=O) groups is 1. The average molecular weight is 274 g/mol. The molecule has 0 fully saturated rings. The third-order valence-corrected chi connectivity index (χ3v) is 2.88. The van der Waals surface area contributed by atoms with Crippen LogP contribution in [-0.4, -0.2) is 22.9 Å². The van der Waals surface area contributed by atoms with Gasteiger partial charge in [-0.15, -0.1) is 0 Å². The molecule has 0 unspecified atom stereocenters. The normalized spacial score (nSPS) is 10.1. The molecule has 2 amide bonds. The van der Waals surface area contributed by atoms with Gasteiger partial charge in [-0.25, -0.2) is 4.79 Å². The lowest BCUT2D eigenvalue weighted by Gasteiger charge is -2.09. The lowest BCUT2D eigenvalue weighted by atomic mass is 10.3. The Balaban J connectivity index is 1.86. The molecular weight excluding hydrogens is 256 g/mol. The maximum Gasteiger partial charge on any atom is 0.319 e. The van der Waals surface area contributed by atoms with E-state index < -0.39 is 0 Å². The van der Waals surface area contributed by atoms with E-state index in [1.165, 1.54) is 0 Å². The SMILES string of the molecule is CCn1nccc1CNC(=O)Nc1ccc(OC)cc1. The first-order valence-corrected chi connectivity index (χ1v) is 6.42. The number of benzene rings is 1. The van der Waals surface area contributed by atoms with Crippen molar-refractivity contribution in [1.29, 1.82) is 0 Å². The second-order valence-electron chi connectivity index (χ2n) is 4.17. The van der Waals surface area contributed by atoms with E-state index in [-0.39, 0.29) is 6.03 Å². The minimum Gasteiger partial charge on any atom is -0.497 e. The van der Waals surface area contributed by atoms with Crippen molar-refractivity contribution in [2.45, 2.75) is 20.0 Å². The Morgan fingerprint density at radius 3 is 2.70 bits per heavy atom. The third-order valence-electron chi connectivity index (χ3n) is 2.88. The van der Waals surface area contributed by atoms with Crippen LogP contribution in [-0.2, 0) is 13.1 Å². The molecule has 6 heteroatoms. The maximum absolute atomic E-state index is 11.8. The molecule has 2 aromatic rings. The van der Waals surface area contributed by atoms with Gasteiger partial charge in [-0.1, -0.05) is 0 Å². The molecule has 0 bridgehead atoms. The predicted octanol–water partition coefficient (Wildman–Crippen LogP) is 2.23. The molecule has 2 rings (SSSR count). The number of ether oxygens (including phenoxy) is 1. The Morgan fingerprint density at radius 1 is 1.30 bits per heavy atom. The summed E-state index contributed by atoms with van der Waals surface area (Å²) in [6.07, 6.45) is 1.72. The van der Waals surface area contributed by atoms with Crippen molar-refractivity contribution in [1.82, 2.24) is 15.1 Å². The Labute approximate surface area is 117 Å². The van der Waals surface area contributed by atoms with Gasteiger partial charge in [0.2, 0.25) is 0 Å². The standard InChI is InChI=1S/C14H18N4O2/c1-3-18-12(8-9-16-18)10-15-14(19)17-11-4-6-13(20-2)7-5-11/h4-9H,3,10H2,1-2H3,(H2,15,17,19). The molecule has 6 nitrogen and oxygen atoms in total. The largest absolute Gasteiger partial charge is 0.497 e. The van der Waals surface area contributed by atoms with Crippen LogP contribution in [0.3, 0.4) is 0 Å². The van der Waals surface area contributed by atoms with E-state index >= 15 is 0 Å². The van der Waals surface area contributed by atoms with Crippen molar-refractivity contribution in [3.8, 4) is 5.75 Å². The summed E-state index contributed by atoms with van der Waals surface area (Å²) in [5.74, 6) is 0.753. The van der Waals surface area contributed by atoms with Crippen LogP contribution in [0.5, 0.6) is 5.75 Å². The van der Waals surface area contributed by atoms with Crippen LogP contribution in [0.2, 0.25) is 0 Å². The third kappa shape index (κ3) is 3.50. The van der Waals surface area contributed by atoms with Crippen molar-refractivity contribution < 1.29 is 9.53 Å². The van der Waals surface area contributed by atoms with E-state index in [1.54, 1.807) is 37.6 Å². The summed E-state index contributed by atoms with van der Waals surface area (Å²) in [6.45, 7) is 3.23. The molecule has 1 aromatic heterocycles. The summed E-state index contributed by atoms with van der Waals surface area (Å²) >= 11 is 0. The molecule has 20 heavy (non-hydrogen) atoms. The highest BCUT2D eigenvalue weighted by Gasteiger charge is 2.04. The molecule has 0 aliphatic rings. The molecule has 106 valence electrons. The number of methoxy groups -OCH3 is 1. The van der Waals surface area contributed by atoms with Crippen molar-refractivity contribution in [2.75, 3.05) is 12.4 Å². The van der Waals surface area contributed by atoms with Gasteiger partial charge in [0, 0.05) is 18.4 Å². The fourth-order valence-electron chi connectivity index (χ4n) is 1.82. The van der Waals surface area contributed by atoms with E-state index in [2.05, 4.69) is 15.7 Å². The molecular formula is C14H18N4O2. The zero-order chi connectivity index (χ0) is 14.4. The Bertz CT molecular complexity index is 563. The van der Waals surface area contributed by atoms with Crippen LogP contribution in [0.1, 0.15) is 12.6 Å². The van der Waals surface area contributed by atoms with Gasteiger partial charge in [-0.05, 0) is 37.3 Å². The second-order valence-corrected chi connectivity index (χ2v) is 4.17. The summed E-state index contributed by atoms with van der Waals surface area (Å²) in [5.41, 5.74) is 1.68. The molecule has 0 spiro atoms. The van der Waals surface area contributed by atoms with E-state index in [4.69, 9.17) is 4.74 Å². The number of urea groups is 1. The Hall–Kier alpha value is -2.50. The molecule has 0 saturated carbocycles. The van der Waals surface area contributed by atoms with E-state index in [9.17, 15) is 4.79 Å². The van der Waals surface area contributed by atoms with Gasteiger partial charge in [0.1, 0.15) is 5.75 Å². The molecule has 1 aromatic carbocycles. The van der Waals surface area contributed by atoms with E-state index in [0.717, 1.165) is 18.0 Å². The van der Waals surface area contributed by atoms with Crippen LogP contribution in [0.4, 0.5) is 10.5 Å². The molecule has 2 N–H and O–H groups in total. The van der Waals surface area contributed by atoms with Gasteiger partial charge in [-0.2, -0.15) is 5.10 Å². The summed E-state index contributed by atoms with van der Waals surface area (Å²) < 4.78 is 6.90. The summed E-state index contributed by atoms with van der Waals surface area (Å²) in [4.78, 5) is 11.8. The number of rotatable bonds is 5. The van der Waals surface area contributed by atoms with Crippen LogP contribution >= 0.6 is 0 Å². The van der Waals surface area contributed by atoms with Gasteiger partial charge in [0.05, 0.1) is 19.3 Å². The average Bonchev–Trinajstić information content (AvgIpc) is 2.93. The minimum atomic E-state index is -0.251.